The van der Waals surface area contributed by atoms with E-state index < -0.39 is 20.6 Å². The van der Waals surface area contributed by atoms with Crippen LogP contribution in [0.15, 0.2) is 57.9 Å². The fraction of sp³-hybridized carbons (Fsp3) is 0.200. The number of nitro benzene ring substituents is 1. The van der Waals surface area contributed by atoms with Gasteiger partial charge in [0, 0.05) is 17.1 Å². The van der Waals surface area contributed by atoms with E-state index in [1.54, 1.807) is 24.3 Å². The standard InChI is InChI=1S/C15H16BrN3O4S/c16-12-5-3-6-13(11-12)18(10-4-9-17)24(22,23)15-8-2-1-7-14(15)19(20)21/h1-3,5-8,11H,4,9-10,17H2. The van der Waals surface area contributed by atoms with Gasteiger partial charge in [-0.1, -0.05) is 34.1 Å². The van der Waals surface area contributed by atoms with E-state index in [1.165, 1.54) is 24.3 Å². The number of halogens is 1. The van der Waals surface area contributed by atoms with Crippen molar-refractivity contribution < 1.29 is 13.3 Å². The van der Waals surface area contributed by atoms with Gasteiger partial charge in [0.05, 0.1) is 10.6 Å². The number of rotatable bonds is 7. The van der Waals surface area contributed by atoms with E-state index in [1.807, 2.05) is 0 Å². The van der Waals surface area contributed by atoms with Crippen LogP contribution in [0.1, 0.15) is 6.42 Å². The molecule has 0 unspecified atom stereocenters. The van der Waals surface area contributed by atoms with Crippen molar-refractivity contribution in [1.82, 2.24) is 0 Å². The molecule has 0 spiro atoms. The third-order valence-corrected chi connectivity index (χ3v) is 5.66. The second-order valence-electron chi connectivity index (χ2n) is 4.92. The fourth-order valence-electron chi connectivity index (χ4n) is 2.20. The molecular formula is C15H16BrN3O4S. The van der Waals surface area contributed by atoms with E-state index in [2.05, 4.69) is 15.9 Å². The van der Waals surface area contributed by atoms with Gasteiger partial charge >= 0.3 is 0 Å². The summed E-state index contributed by atoms with van der Waals surface area (Å²) in [6.07, 6.45) is 0.423. The highest BCUT2D eigenvalue weighted by atomic mass is 79.9. The zero-order valence-corrected chi connectivity index (χ0v) is 15.0. The Hall–Kier alpha value is -1.97. The lowest BCUT2D eigenvalue weighted by Crippen LogP contribution is -2.33. The number of sulfonamides is 1. The van der Waals surface area contributed by atoms with Gasteiger partial charge in [-0.05, 0) is 37.2 Å². The zero-order valence-electron chi connectivity index (χ0n) is 12.6. The van der Waals surface area contributed by atoms with Crippen molar-refractivity contribution in [3.63, 3.8) is 0 Å². The van der Waals surface area contributed by atoms with Crippen LogP contribution < -0.4 is 10.0 Å². The van der Waals surface area contributed by atoms with Gasteiger partial charge < -0.3 is 5.73 Å². The topological polar surface area (TPSA) is 107 Å². The number of nitrogens with zero attached hydrogens (tertiary/aromatic N) is 2. The maximum absolute atomic E-state index is 13.0. The number of hydrogen-bond acceptors (Lipinski definition) is 5. The molecule has 0 saturated carbocycles. The van der Waals surface area contributed by atoms with E-state index in [4.69, 9.17) is 5.73 Å². The summed E-state index contributed by atoms with van der Waals surface area (Å²) < 4.78 is 27.9. The van der Waals surface area contributed by atoms with Crippen molar-refractivity contribution in [3.05, 3.63) is 63.1 Å². The number of hydrogen-bond donors (Lipinski definition) is 1. The van der Waals surface area contributed by atoms with Crippen LogP contribution in [0.5, 0.6) is 0 Å². The molecule has 2 aromatic rings. The monoisotopic (exact) mass is 413 g/mol. The second kappa shape index (κ2) is 7.73. The largest absolute Gasteiger partial charge is 0.330 e. The molecule has 2 rings (SSSR count). The third kappa shape index (κ3) is 3.92. The van der Waals surface area contributed by atoms with Crippen molar-refractivity contribution >= 4 is 37.3 Å². The molecule has 0 heterocycles. The van der Waals surface area contributed by atoms with Crippen LogP contribution in [0.3, 0.4) is 0 Å². The second-order valence-corrected chi connectivity index (χ2v) is 7.67. The molecule has 0 amide bonds. The molecule has 0 saturated heterocycles. The Morgan fingerprint density at radius 1 is 1.17 bits per heavy atom. The average molecular weight is 414 g/mol. The minimum atomic E-state index is -4.10. The molecule has 24 heavy (non-hydrogen) atoms. The smallest absolute Gasteiger partial charge is 0.289 e. The molecular weight excluding hydrogens is 398 g/mol. The van der Waals surface area contributed by atoms with Crippen molar-refractivity contribution in [1.29, 1.82) is 0 Å². The Labute approximate surface area is 148 Å². The fourth-order valence-corrected chi connectivity index (χ4v) is 4.24. The lowest BCUT2D eigenvalue weighted by atomic mass is 10.3. The van der Waals surface area contributed by atoms with Gasteiger partial charge in [-0.15, -0.1) is 0 Å². The highest BCUT2D eigenvalue weighted by Crippen LogP contribution is 2.31. The molecule has 0 bridgehead atoms. The molecule has 0 atom stereocenters. The highest BCUT2D eigenvalue weighted by Gasteiger charge is 2.31. The van der Waals surface area contributed by atoms with Crippen LogP contribution >= 0.6 is 15.9 Å². The lowest BCUT2D eigenvalue weighted by Gasteiger charge is -2.24. The summed E-state index contributed by atoms with van der Waals surface area (Å²) in [6.45, 7) is 0.429. The minimum absolute atomic E-state index is 0.126. The Morgan fingerprint density at radius 2 is 1.88 bits per heavy atom. The first-order chi connectivity index (χ1) is 11.4. The Balaban J connectivity index is 2.58. The van der Waals surface area contributed by atoms with E-state index >= 15 is 0 Å². The number of nitro groups is 1. The first-order valence-corrected chi connectivity index (χ1v) is 9.33. The molecule has 0 fully saturated rings. The summed E-state index contributed by atoms with van der Waals surface area (Å²) in [5.41, 5.74) is 5.47. The van der Waals surface area contributed by atoms with Crippen LogP contribution in [0.4, 0.5) is 11.4 Å². The van der Waals surface area contributed by atoms with Gasteiger partial charge in [0.2, 0.25) is 0 Å². The lowest BCUT2D eigenvalue weighted by molar-refractivity contribution is -0.387. The molecule has 7 nitrogen and oxygen atoms in total. The SMILES string of the molecule is NCCCN(c1cccc(Br)c1)S(=O)(=O)c1ccccc1[N+](=O)[O-]. The Morgan fingerprint density at radius 3 is 2.50 bits per heavy atom. The molecule has 2 N–H and O–H groups in total. The van der Waals surface area contributed by atoms with Crippen LogP contribution in [0.25, 0.3) is 0 Å². The quantitative estimate of drug-likeness (QED) is 0.554. The third-order valence-electron chi connectivity index (χ3n) is 3.29. The Kier molecular flexibility index (Phi) is 5.92. The molecule has 0 aliphatic heterocycles. The van der Waals surface area contributed by atoms with Gasteiger partial charge in [0.15, 0.2) is 4.90 Å². The summed E-state index contributed by atoms with van der Waals surface area (Å²) in [7, 11) is -4.10. The summed E-state index contributed by atoms with van der Waals surface area (Å²) in [6, 6.07) is 12.0. The van der Waals surface area contributed by atoms with Crippen LogP contribution in [0, 0.1) is 10.1 Å². The van der Waals surface area contributed by atoms with Gasteiger partial charge in [0.25, 0.3) is 15.7 Å². The van der Waals surface area contributed by atoms with Gasteiger partial charge in [-0.3, -0.25) is 14.4 Å². The maximum Gasteiger partial charge on any atom is 0.289 e. The van der Waals surface area contributed by atoms with Gasteiger partial charge in [0.1, 0.15) is 0 Å². The summed E-state index contributed by atoms with van der Waals surface area (Å²) in [5.74, 6) is 0. The molecule has 0 aromatic heterocycles. The predicted molar refractivity (Wildman–Crippen MR) is 95.4 cm³/mol. The van der Waals surface area contributed by atoms with Crippen molar-refractivity contribution in [2.75, 3.05) is 17.4 Å². The van der Waals surface area contributed by atoms with Crippen LogP contribution in [-0.4, -0.2) is 26.4 Å². The van der Waals surface area contributed by atoms with Crippen molar-refractivity contribution in [2.24, 2.45) is 5.73 Å². The van der Waals surface area contributed by atoms with Crippen LogP contribution in [-0.2, 0) is 10.0 Å². The molecule has 0 aliphatic carbocycles. The average Bonchev–Trinajstić information content (AvgIpc) is 2.55. The molecule has 2 aromatic carbocycles. The van der Waals surface area contributed by atoms with Gasteiger partial charge in [-0.25, -0.2) is 8.42 Å². The first-order valence-electron chi connectivity index (χ1n) is 7.09. The molecule has 0 radical (unpaired) electrons. The maximum atomic E-state index is 13.0. The van der Waals surface area contributed by atoms with E-state index in [0.717, 1.165) is 4.31 Å². The number of nitrogens with two attached hydrogens (primary N) is 1. The van der Waals surface area contributed by atoms with Crippen molar-refractivity contribution in [3.8, 4) is 0 Å². The predicted octanol–water partition coefficient (Wildman–Crippen LogP) is 2.90. The van der Waals surface area contributed by atoms with E-state index in [0.29, 0.717) is 23.1 Å². The summed E-state index contributed by atoms with van der Waals surface area (Å²) in [5, 5.41) is 11.2. The minimum Gasteiger partial charge on any atom is -0.330 e. The van der Waals surface area contributed by atoms with Gasteiger partial charge in [-0.2, -0.15) is 0 Å². The Bertz CT molecular complexity index is 842. The molecule has 0 aliphatic rings. The number of para-hydroxylation sites is 1. The zero-order chi connectivity index (χ0) is 17.7. The number of anilines is 1. The normalized spacial score (nSPS) is 11.2. The van der Waals surface area contributed by atoms with E-state index in [-0.39, 0.29) is 11.4 Å². The number of benzene rings is 2. The molecule has 128 valence electrons. The highest BCUT2D eigenvalue weighted by molar-refractivity contribution is 9.10. The first kappa shape index (κ1) is 18.4. The van der Waals surface area contributed by atoms with Crippen molar-refractivity contribution in [2.45, 2.75) is 11.3 Å². The van der Waals surface area contributed by atoms with E-state index in [9.17, 15) is 18.5 Å². The van der Waals surface area contributed by atoms with Crippen LogP contribution in [0.2, 0.25) is 0 Å². The summed E-state index contributed by atoms with van der Waals surface area (Å²) >= 11 is 3.30. The molecule has 9 heteroatoms. The summed E-state index contributed by atoms with van der Waals surface area (Å²) in [4.78, 5) is 10.2.